The van der Waals surface area contributed by atoms with Gasteiger partial charge in [-0.05, 0) is 50.2 Å². The van der Waals surface area contributed by atoms with Gasteiger partial charge in [0.25, 0.3) is 5.91 Å². The van der Waals surface area contributed by atoms with E-state index in [2.05, 4.69) is 5.32 Å². The van der Waals surface area contributed by atoms with Crippen LogP contribution in [0.25, 0.3) is 0 Å². The minimum Gasteiger partial charge on any atom is -0.493 e. The monoisotopic (exact) mass is 361 g/mol. The Morgan fingerprint density at radius 1 is 1.08 bits per heavy atom. The normalized spacial score (nSPS) is 11.5. The van der Waals surface area contributed by atoms with Gasteiger partial charge in [-0.3, -0.25) is 9.59 Å². The minimum atomic E-state index is -0.900. The molecular weight excluding hydrogens is 342 g/mol. The highest BCUT2D eigenvalue weighted by Crippen LogP contribution is 2.14. The zero-order valence-corrected chi connectivity index (χ0v) is 14.9. The number of halogens is 1. The number of benzene rings is 2. The van der Waals surface area contributed by atoms with Gasteiger partial charge in [-0.2, -0.15) is 0 Å². The fraction of sp³-hybridized carbons (Fsp3) is 0.263. The predicted octanol–water partition coefficient (Wildman–Crippen LogP) is 3.99. The maximum absolute atomic E-state index is 12.0. The van der Waals surface area contributed by atoms with E-state index < -0.39 is 18.0 Å². The Balaban J connectivity index is 1.72. The number of ether oxygens (including phenoxy) is 2. The molecule has 0 aliphatic carbocycles. The first-order valence-electron chi connectivity index (χ1n) is 7.89. The van der Waals surface area contributed by atoms with E-state index >= 15 is 0 Å². The number of esters is 1. The molecule has 1 atom stereocenters. The Hall–Kier alpha value is -2.53. The van der Waals surface area contributed by atoms with Crippen molar-refractivity contribution in [3.8, 4) is 5.75 Å². The van der Waals surface area contributed by atoms with E-state index in [0.29, 0.717) is 16.5 Å². The van der Waals surface area contributed by atoms with Crippen molar-refractivity contribution in [2.24, 2.45) is 0 Å². The van der Waals surface area contributed by atoms with E-state index in [0.717, 1.165) is 5.56 Å². The average Bonchev–Trinajstić information content (AvgIpc) is 2.58. The van der Waals surface area contributed by atoms with Gasteiger partial charge in [0.1, 0.15) is 5.75 Å². The number of hydrogen-bond acceptors (Lipinski definition) is 4. The summed E-state index contributed by atoms with van der Waals surface area (Å²) in [6.45, 7) is 3.69. The Morgan fingerprint density at radius 2 is 1.72 bits per heavy atom. The molecule has 2 rings (SSSR count). The quantitative estimate of drug-likeness (QED) is 0.757. The summed E-state index contributed by atoms with van der Waals surface area (Å²) in [6, 6.07) is 14.2. The SMILES string of the molecule is Cc1ccc(OCCC(=O)O[C@@H](C)C(=O)Nc2ccc(Cl)cc2)cc1. The van der Waals surface area contributed by atoms with E-state index in [9.17, 15) is 9.59 Å². The summed E-state index contributed by atoms with van der Waals surface area (Å²) in [5, 5.41) is 3.23. The highest BCUT2D eigenvalue weighted by molar-refractivity contribution is 6.30. The lowest BCUT2D eigenvalue weighted by Gasteiger charge is -2.14. The number of carbonyl (C=O) groups excluding carboxylic acids is 2. The molecule has 0 spiro atoms. The van der Waals surface area contributed by atoms with Crippen molar-refractivity contribution in [3.05, 3.63) is 59.1 Å². The third kappa shape index (κ3) is 6.47. The molecule has 0 fully saturated rings. The van der Waals surface area contributed by atoms with Gasteiger partial charge in [-0.1, -0.05) is 29.3 Å². The Labute approximate surface area is 151 Å². The second kappa shape index (κ2) is 9.08. The zero-order valence-electron chi connectivity index (χ0n) is 14.1. The summed E-state index contributed by atoms with van der Waals surface area (Å²) in [4.78, 5) is 23.8. The van der Waals surface area contributed by atoms with Crippen LogP contribution in [0.2, 0.25) is 5.02 Å². The summed E-state index contributed by atoms with van der Waals surface area (Å²) in [6.07, 6.45) is -0.838. The molecule has 0 aliphatic rings. The molecule has 0 saturated carbocycles. The molecule has 132 valence electrons. The van der Waals surface area contributed by atoms with Crippen LogP contribution in [-0.4, -0.2) is 24.6 Å². The number of nitrogens with one attached hydrogen (secondary N) is 1. The van der Waals surface area contributed by atoms with Gasteiger partial charge < -0.3 is 14.8 Å². The first kappa shape index (κ1) is 18.8. The van der Waals surface area contributed by atoms with Gasteiger partial charge in [0, 0.05) is 10.7 Å². The van der Waals surface area contributed by atoms with Gasteiger partial charge >= 0.3 is 5.97 Å². The molecule has 2 aromatic carbocycles. The summed E-state index contributed by atoms with van der Waals surface area (Å²) in [5.41, 5.74) is 1.72. The van der Waals surface area contributed by atoms with Crippen molar-refractivity contribution in [3.63, 3.8) is 0 Å². The molecule has 5 nitrogen and oxygen atoms in total. The molecule has 0 bridgehead atoms. The summed E-state index contributed by atoms with van der Waals surface area (Å²) < 4.78 is 10.6. The van der Waals surface area contributed by atoms with Crippen LogP contribution in [0.3, 0.4) is 0 Å². The van der Waals surface area contributed by atoms with Crippen molar-refractivity contribution in [2.75, 3.05) is 11.9 Å². The molecule has 0 unspecified atom stereocenters. The van der Waals surface area contributed by atoms with Crippen LogP contribution in [-0.2, 0) is 14.3 Å². The van der Waals surface area contributed by atoms with Crippen LogP contribution < -0.4 is 10.1 Å². The first-order chi connectivity index (χ1) is 11.9. The zero-order chi connectivity index (χ0) is 18.2. The standard InChI is InChI=1S/C19H20ClNO4/c1-13-3-9-17(10-4-13)24-12-11-18(22)25-14(2)19(23)21-16-7-5-15(20)6-8-16/h3-10,14H,11-12H2,1-2H3,(H,21,23)/t14-/m0/s1. The van der Waals surface area contributed by atoms with Crippen molar-refractivity contribution in [1.82, 2.24) is 0 Å². The topological polar surface area (TPSA) is 64.6 Å². The molecule has 0 radical (unpaired) electrons. The molecule has 1 N–H and O–H groups in total. The Kier molecular flexibility index (Phi) is 6.83. The number of anilines is 1. The van der Waals surface area contributed by atoms with Crippen LogP contribution >= 0.6 is 11.6 Å². The summed E-state index contributed by atoms with van der Waals surface area (Å²) >= 11 is 5.79. The molecule has 0 aliphatic heterocycles. The molecule has 2 aromatic rings. The minimum absolute atomic E-state index is 0.0619. The molecule has 0 heterocycles. The van der Waals surface area contributed by atoms with E-state index in [1.54, 1.807) is 24.3 Å². The number of rotatable bonds is 7. The number of amides is 1. The second-order valence-electron chi connectivity index (χ2n) is 5.54. The number of hydrogen-bond donors (Lipinski definition) is 1. The molecule has 0 saturated heterocycles. The highest BCUT2D eigenvalue weighted by Gasteiger charge is 2.17. The lowest BCUT2D eigenvalue weighted by Crippen LogP contribution is -2.30. The van der Waals surface area contributed by atoms with Gasteiger partial charge in [-0.15, -0.1) is 0 Å². The molecular formula is C19H20ClNO4. The largest absolute Gasteiger partial charge is 0.493 e. The lowest BCUT2D eigenvalue weighted by molar-refractivity contribution is -0.153. The van der Waals surface area contributed by atoms with E-state index in [-0.39, 0.29) is 13.0 Å². The molecule has 1 amide bonds. The maximum Gasteiger partial charge on any atom is 0.310 e. The predicted molar refractivity (Wildman–Crippen MR) is 96.9 cm³/mol. The van der Waals surface area contributed by atoms with Crippen molar-refractivity contribution in [1.29, 1.82) is 0 Å². The van der Waals surface area contributed by atoms with E-state index in [4.69, 9.17) is 21.1 Å². The summed E-state index contributed by atoms with van der Waals surface area (Å²) in [7, 11) is 0. The second-order valence-corrected chi connectivity index (χ2v) is 5.98. The van der Waals surface area contributed by atoms with Crippen molar-refractivity contribution < 1.29 is 19.1 Å². The van der Waals surface area contributed by atoms with Crippen LogP contribution in [0, 0.1) is 6.92 Å². The van der Waals surface area contributed by atoms with Crippen LogP contribution in [0.1, 0.15) is 18.9 Å². The van der Waals surface area contributed by atoms with Crippen LogP contribution in [0.4, 0.5) is 5.69 Å². The van der Waals surface area contributed by atoms with E-state index in [1.807, 2.05) is 31.2 Å². The van der Waals surface area contributed by atoms with Gasteiger partial charge in [0.05, 0.1) is 13.0 Å². The third-order valence-corrected chi connectivity index (χ3v) is 3.64. The smallest absolute Gasteiger partial charge is 0.310 e. The third-order valence-electron chi connectivity index (χ3n) is 3.39. The Bertz CT molecular complexity index is 713. The highest BCUT2D eigenvalue weighted by atomic mass is 35.5. The van der Waals surface area contributed by atoms with Crippen molar-refractivity contribution >= 4 is 29.2 Å². The van der Waals surface area contributed by atoms with E-state index in [1.165, 1.54) is 6.92 Å². The van der Waals surface area contributed by atoms with Gasteiger partial charge in [0.2, 0.25) is 0 Å². The fourth-order valence-electron chi connectivity index (χ4n) is 1.97. The van der Waals surface area contributed by atoms with Crippen LogP contribution in [0.15, 0.2) is 48.5 Å². The molecule has 25 heavy (non-hydrogen) atoms. The maximum atomic E-state index is 12.0. The molecule has 6 heteroatoms. The summed E-state index contributed by atoms with van der Waals surface area (Å²) in [5.74, 6) is -0.215. The molecule has 0 aromatic heterocycles. The first-order valence-corrected chi connectivity index (χ1v) is 8.27. The van der Waals surface area contributed by atoms with Crippen molar-refractivity contribution in [2.45, 2.75) is 26.4 Å². The lowest BCUT2D eigenvalue weighted by atomic mass is 10.2. The number of aryl methyl sites for hydroxylation is 1. The van der Waals surface area contributed by atoms with Crippen LogP contribution in [0.5, 0.6) is 5.75 Å². The fourth-order valence-corrected chi connectivity index (χ4v) is 2.10. The average molecular weight is 362 g/mol. The number of carbonyl (C=O) groups is 2. The van der Waals surface area contributed by atoms with Gasteiger partial charge in [0.15, 0.2) is 6.10 Å². The Morgan fingerprint density at radius 3 is 2.36 bits per heavy atom. The van der Waals surface area contributed by atoms with Gasteiger partial charge in [-0.25, -0.2) is 0 Å².